The highest BCUT2D eigenvalue weighted by atomic mass is 16.5. The third-order valence-corrected chi connectivity index (χ3v) is 4.79. The number of carbonyl (C=O) groups excluding carboxylic acids is 1. The number of aryl methyl sites for hydroxylation is 2. The first-order valence-corrected chi connectivity index (χ1v) is 9.11. The molecule has 0 saturated carbocycles. The van der Waals surface area contributed by atoms with E-state index in [1.54, 1.807) is 0 Å². The van der Waals surface area contributed by atoms with Crippen LogP contribution < -0.4 is 15.5 Å². The van der Waals surface area contributed by atoms with E-state index in [2.05, 4.69) is 5.32 Å². The van der Waals surface area contributed by atoms with Crippen molar-refractivity contribution in [1.82, 2.24) is 5.32 Å². The van der Waals surface area contributed by atoms with Crippen molar-refractivity contribution in [3.05, 3.63) is 74.6 Å². The van der Waals surface area contributed by atoms with Crippen molar-refractivity contribution in [3.63, 3.8) is 0 Å². The SMILES string of the molecule is CCCOc1cccc(C2NC(=O)c3oc4c(C)cc(C)cc4c(=O)c32)c1. The molecule has 138 valence electrons. The average molecular weight is 363 g/mol. The summed E-state index contributed by atoms with van der Waals surface area (Å²) in [6.45, 7) is 6.47. The number of fused-ring (bicyclic) bond motifs is 2. The highest BCUT2D eigenvalue weighted by molar-refractivity contribution is 5.99. The molecule has 1 atom stereocenters. The van der Waals surface area contributed by atoms with Crippen molar-refractivity contribution < 1.29 is 13.9 Å². The van der Waals surface area contributed by atoms with Crippen LogP contribution in [0.5, 0.6) is 5.75 Å². The zero-order chi connectivity index (χ0) is 19.1. The van der Waals surface area contributed by atoms with Crippen LogP contribution in [0.1, 0.15) is 52.2 Å². The second-order valence-electron chi connectivity index (χ2n) is 6.96. The Morgan fingerprint density at radius 1 is 1.15 bits per heavy atom. The Kier molecular flexibility index (Phi) is 4.22. The smallest absolute Gasteiger partial charge is 0.288 e. The van der Waals surface area contributed by atoms with Gasteiger partial charge in [-0.15, -0.1) is 0 Å². The van der Waals surface area contributed by atoms with Gasteiger partial charge in [-0.3, -0.25) is 9.59 Å². The Morgan fingerprint density at radius 3 is 2.74 bits per heavy atom. The maximum absolute atomic E-state index is 13.2. The number of hydrogen-bond donors (Lipinski definition) is 1. The van der Waals surface area contributed by atoms with Crippen molar-refractivity contribution in [2.45, 2.75) is 33.2 Å². The predicted octanol–water partition coefficient (Wildman–Crippen LogP) is 4.03. The van der Waals surface area contributed by atoms with E-state index in [1.165, 1.54) is 0 Å². The number of rotatable bonds is 4. The summed E-state index contributed by atoms with van der Waals surface area (Å²) in [5.41, 5.74) is 3.30. The van der Waals surface area contributed by atoms with Gasteiger partial charge in [0.25, 0.3) is 5.91 Å². The molecule has 0 bridgehead atoms. The zero-order valence-electron chi connectivity index (χ0n) is 15.6. The standard InChI is InChI=1S/C22H21NO4/c1-4-8-26-15-7-5-6-14(11-15)18-17-19(24)16-10-12(2)9-13(3)20(16)27-21(17)22(25)23-18/h5-7,9-11,18H,4,8H2,1-3H3,(H,23,25). The third kappa shape index (κ3) is 2.89. The minimum atomic E-state index is -0.542. The number of ether oxygens (including phenoxy) is 1. The topological polar surface area (TPSA) is 68.5 Å². The fourth-order valence-electron chi connectivity index (χ4n) is 3.62. The summed E-state index contributed by atoms with van der Waals surface area (Å²) in [5.74, 6) is 0.451. The maximum Gasteiger partial charge on any atom is 0.288 e. The highest BCUT2D eigenvalue weighted by Gasteiger charge is 2.36. The first kappa shape index (κ1) is 17.3. The van der Waals surface area contributed by atoms with Gasteiger partial charge in [0.05, 0.1) is 23.6 Å². The van der Waals surface area contributed by atoms with Crippen LogP contribution in [-0.4, -0.2) is 12.5 Å². The lowest BCUT2D eigenvalue weighted by Gasteiger charge is -2.13. The van der Waals surface area contributed by atoms with Gasteiger partial charge < -0.3 is 14.5 Å². The number of carbonyl (C=O) groups is 1. The van der Waals surface area contributed by atoms with E-state index >= 15 is 0 Å². The second-order valence-corrected chi connectivity index (χ2v) is 6.96. The Balaban J connectivity index is 1.88. The Hall–Kier alpha value is -3.08. The van der Waals surface area contributed by atoms with Crippen LogP contribution in [0, 0.1) is 13.8 Å². The molecule has 0 spiro atoms. The van der Waals surface area contributed by atoms with Gasteiger partial charge in [-0.1, -0.05) is 25.1 Å². The molecule has 0 aliphatic carbocycles. The molecule has 1 unspecified atom stereocenters. The van der Waals surface area contributed by atoms with Gasteiger partial charge in [0, 0.05) is 0 Å². The minimum Gasteiger partial charge on any atom is -0.494 e. The summed E-state index contributed by atoms with van der Waals surface area (Å²) in [4.78, 5) is 25.7. The van der Waals surface area contributed by atoms with Crippen LogP contribution in [-0.2, 0) is 0 Å². The van der Waals surface area contributed by atoms with E-state index in [-0.39, 0.29) is 17.1 Å². The average Bonchev–Trinajstić information content (AvgIpc) is 2.98. The third-order valence-electron chi connectivity index (χ3n) is 4.79. The van der Waals surface area contributed by atoms with E-state index < -0.39 is 6.04 Å². The Bertz CT molecular complexity index is 1110. The van der Waals surface area contributed by atoms with E-state index in [4.69, 9.17) is 9.15 Å². The molecule has 1 aliphatic heterocycles. The van der Waals surface area contributed by atoms with Gasteiger partial charge in [0.15, 0.2) is 5.43 Å². The second kappa shape index (κ2) is 6.58. The molecule has 5 nitrogen and oxygen atoms in total. The van der Waals surface area contributed by atoms with Crippen molar-refractivity contribution in [3.8, 4) is 5.75 Å². The van der Waals surface area contributed by atoms with E-state index in [0.29, 0.717) is 28.9 Å². The first-order valence-electron chi connectivity index (χ1n) is 9.11. The molecule has 1 aliphatic rings. The van der Waals surface area contributed by atoms with Crippen LogP contribution >= 0.6 is 0 Å². The molecule has 0 fully saturated rings. The number of hydrogen-bond acceptors (Lipinski definition) is 4. The molecular formula is C22H21NO4. The van der Waals surface area contributed by atoms with Crippen LogP contribution in [0.4, 0.5) is 0 Å². The Labute approximate surface area is 157 Å². The minimum absolute atomic E-state index is 0.101. The lowest BCUT2D eigenvalue weighted by molar-refractivity contribution is 0.0938. The molecule has 27 heavy (non-hydrogen) atoms. The van der Waals surface area contributed by atoms with E-state index in [0.717, 1.165) is 23.1 Å². The normalized spacial score (nSPS) is 15.7. The summed E-state index contributed by atoms with van der Waals surface area (Å²) in [5, 5.41) is 3.39. The molecule has 5 heteroatoms. The summed E-state index contributed by atoms with van der Waals surface area (Å²) < 4.78 is 11.6. The molecule has 1 aromatic heterocycles. The van der Waals surface area contributed by atoms with Crippen LogP contribution in [0.15, 0.2) is 45.6 Å². The molecule has 1 N–H and O–H groups in total. The monoisotopic (exact) mass is 363 g/mol. The lowest BCUT2D eigenvalue weighted by atomic mass is 9.98. The fraction of sp³-hybridized carbons (Fsp3) is 0.273. The summed E-state index contributed by atoms with van der Waals surface area (Å²) in [7, 11) is 0. The Morgan fingerprint density at radius 2 is 1.96 bits per heavy atom. The number of nitrogens with one attached hydrogen (secondary N) is 1. The number of benzene rings is 2. The zero-order valence-corrected chi connectivity index (χ0v) is 15.6. The van der Waals surface area contributed by atoms with Gasteiger partial charge in [-0.25, -0.2) is 0 Å². The van der Waals surface area contributed by atoms with Crippen LogP contribution in [0.3, 0.4) is 0 Å². The van der Waals surface area contributed by atoms with Crippen molar-refractivity contribution in [2.24, 2.45) is 0 Å². The molecule has 0 saturated heterocycles. The van der Waals surface area contributed by atoms with E-state index in [1.807, 2.05) is 57.2 Å². The molecule has 0 radical (unpaired) electrons. The van der Waals surface area contributed by atoms with Crippen molar-refractivity contribution in [2.75, 3.05) is 6.61 Å². The van der Waals surface area contributed by atoms with Crippen molar-refractivity contribution >= 4 is 16.9 Å². The fourth-order valence-corrected chi connectivity index (χ4v) is 3.62. The van der Waals surface area contributed by atoms with Gasteiger partial charge in [0.1, 0.15) is 11.3 Å². The van der Waals surface area contributed by atoms with Gasteiger partial charge >= 0.3 is 0 Å². The molecule has 2 aromatic carbocycles. The highest BCUT2D eigenvalue weighted by Crippen LogP contribution is 2.33. The van der Waals surface area contributed by atoms with Crippen LogP contribution in [0.2, 0.25) is 0 Å². The molecule has 3 aromatic rings. The quantitative estimate of drug-likeness (QED) is 0.760. The summed E-state index contributed by atoms with van der Waals surface area (Å²) in [6, 6.07) is 10.7. The molecule has 2 heterocycles. The number of amides is 1. The predicted molar refractivity (Wildman–Crippen MR) is 103 cm³/mol. The first-order chi connectivity index (χ1) is 13.0. The summed E-state index contributed by atoms with van der Waals surface area (Å²) in [6.07, 6.45) is 0.904. The summed E-state index contributed by atoms with van der Waals surface area (Å²) >= 11 is 0. The largest absolute Gasteiger partial charge is 0.494 e. The molecule has 1 amide bonds. The van der Waals surface area contributed by atoms with Gasteiger partial charge in [0.2, 0.25) is 5.76 Å². The van der Waals surface area contributed by atoms with Gasteiger partial charge in [-0.2, -0.15) is 0 Å². The molecular weight excluding hydrogens is 342 g/mol. The molecule has 4 rings (SSSR count). The van der Waals surface area contributed by atoms with E-state index in [9.17, 15) is 9.59 Å². The van der Waals surface area contributed by atoms with Gasteiger partial charge in [-0.05, 0) is 55.2 Å². The van der Waals surface area contributed by atoms with Crippen molar-refractivity contribution in [1.29, 1.82) is 0 Å². The maximum atomic E-state index is 13.2. The lowest BCUT2D eigenvalue weighted by Crippen LogP contribution is -2.22. The van der Waals surface area contributed by atoms with Crippen LogP contribution in [0.25, 0.3) is 11.0 Å².